The van der Waals surface area contributed by atoms with Crippen molar-refractivity contribution in [3.8, 4) is 11.6 Å². The molecule has 0 bridgehead atoms. The summed E-state index contributed by atoms with van der Waals surface area (Å²) in [6.45, 7) is 4.15. The second kappa shape index (κ2) is 10.2. The van der Waals surface area contributed by atoms with Crippen LogP contribution in [0.5, 0.6) is 0 Å². The highest BCUT2D eigenvalue weighted by atomic mass is 32.2. The molecule has 3 aromatic heterocycles. The number of amides is 2. The van der Waals surface area contributed by atoms with E-state index in [0.717, 1.165) is 5.56 Å². The standard InChI is InChI=1S/C24H24N6O4S/c1-17-14-20(34-27-17)23(32)29-11-9-28(10-12-29)21(31)16-35-24-26-25-22(19-8-5-13-33-19)30(24)15-18-6-3-2-4-7-18/h2-8,13-14H,9-12,15-16H2,1H3. The van der Waals surface area contributed by atoms with Crippen molar-refractivity contribution in [2.45, 2.75) is 18.6 Å². The maximum atomic E-state index is 12.9. The van der Waals surface area contributed by atoms with Crippen molar-refractivity contribution in [1.29, 1.82) is 0 Å². The molecule has 0 saturated carbocycles. The normalized spacial score (nSPS) is 13.9. The van der Waals surface area contributed by atoms with Gasteiger partial charge in [0, 0.05) is 32.2 Å². The fourth-order valence-corrected chi connectivity index (χ4v) is 4.73. The van der Waals surface area contributed by atoms with E-state index in [1.807, 2.05) is 41.0 Å². The van der Waals surface area contributed by atoms with Crippen molar-refractivity contribution in [3.63, 3.8) is 0 Å². The van der Waals surface area contributed by atoms with Gasteiger partial charge in [-0.25, -0.2) is 0 Å². The molecule has 180 valence electrons. The molecule has 1 fully saturated rings. The summed E-state index contributed by atoms with van der Waals surface area (Å²) in [7, 11) is 0. The van der Waals surface area contributed by atoms with Crippen molar-refractivity contribution in [3.05, 3.63) is 71.8 Å². The zero-order chi connectivity index (χ0) is 24.2. The monoisotopic (exact) mass is 492 g/mol. The summed E-state index contributed by atoms with van der Waals surface area (Å²) < 4.78 is 12.6. The lowest BCUT2D eigenvalue weighted by atomic mass is 10.2. The highest BCUT2D eigenvalue weighted by Gasteiger charge is 2.27. The van der Waals surface area contributed by atoms with Gasteiger partial charge >= 0.3 is 0 Å². The zero-order valence-corrected chi connectivity index (χ0v) is 20.0. The van der Waals surface area contributed by atoms with Crippen LogP contribution in [0.25, 0.3) is 11.6 Å². The summed E-state index contributed by atoms with van der Waals surface area (Å²) in [6, 6.07) is 15.3. The van der Waals surface area contributed by atoms with Gasteiger partial charge in [-0.1, -0.05) is 47.3 Å². The maximum Gasteiger partial charge on any atom is 0.292 e. The van der Waals surface area contributed by atoms with E-state index in [2.05, 4.69) is 15.4 Å². The first-order chi connectivity index (χ1) is 17.1. The summed E-state index contributed by atoms with van der Waals surface area (Å²) in [5, 5.41) is 13.1. The zero-order valence-electron chi connectivity index (χ0n) is 19.2. The van der Waals surface area contributed by atoms with Gasteiger partial charge in [-0.15, -0.1) is 10.2 Å². The maximum absolute atomic E-state index is 12.9. The number of furan rings is 1. The third-order valence-corrected chi connectivity index (χ3v) is 6.68. The SMILES string of the molecule is Cc1cc(C(=O)N2CCN(C(=O)CSc3nnc(-c4ccco4)n3Cc3ccccc3)CC2)on1. The van der Waals surface area contributed by atoms with Gasteiger partial charge in [-0.3, -0.25) is 14.2 Å². The van der Waals surface area contributed by atoms with Crippen LogP contribution in [0.2, 0.25) is 0 Å². The summed E-state index contributed by atoms with van der Waals surface area (Å²) in [5.74, 6) is 1.47. The number of nitrogens with zero attached hydrogens (tertiary/aromatic N) is 6. The van der Waals surface area contributed by atoms with Crippen LogP contribution in [0.1, 0.15) is 21.8 Å². The van der Waals surface area contributed by atoms with Crippen LogP contribution in [0, 0.1) is 6.92 Å². The van der Waals surface area contributed by atoms with Gasteiger partial charge in [0.25, 0.3) is 5.91 Å². The van der Waals surface area contributed by atoms with Gasteiger partial charge in [0.15, 0.2) is 10.9 Å². The minimum atomic E-state index is -0.202. The number of hydrogen-bond acceptors (Lipinski definition) is 8. The first kappa shape index (κ1) is 22.9. The third kappa shape index (κ3) is 5.14. The average Bonchev–Trinajstić information content (AvgIpc) is 3.65. The second-order valence-electron chi connectivity index (χ2n) is 8.15. The number of aromatic nitrogens is 4. The first-order valence-corrected chi connectivity index (χ1v) is 12.2. The Hall–Kier alpha value is -3.86. The van der Waals surface area contributed by atoms with Gasteiger partial charge in [-0.2, -0.15) is 0 Å². The highest BCUT2D eigenvalue weighted by Crippen LogP contribution is 2.26. The van der Waals surface area contributed by atoms with E-state index < -0.39 is 0 Å². The van der Waals surface area contributed by atoms with Crippen LogP contribution < -0.4 is 0 Å². The number of piperazine rings is 1. The molecule has 35 heavy (non-hydrogen) atoms. The van der Waals surface area contributed by atoms with Crippen LogP contribution in [-0.4, -0.2) is 73.5 Å². The fourth-order valence-electron chi connectivity index (χ4n) is 3.89. The van der Waals surface area contributed by atoms with Gasteiger partial charge < -0.3 is 18.7 Å². The van der Waals surface area contributed by atoms with E-state index >= 15 is 0 Å². The number of benzene rings is 1. The van der Waals surface area contributed by atoms with Gasteiger partial charge in [0.05, 0.1) is 24.3 Å². The predicted molar refractivity (Wildman–Crippen MR) is 128 cm³/mol. The molecule has 0 atom stereocenters. The van der Waals surface area contributed by atoms with Crippen LogP contribution in [0.4, 0.5) is 0 Å². The lowest BCUT2D eigenvalue weighted by Crippen LogP contribution is -2.51. The van der Waals surface area contributed by atoms with E-state index in [-0.39, 0.29) is 23.3 Å². The Morgan fingerprint density at radius 3 is 2.46 bits per heavy atom. The van der Waals surface area contributed by atoms with Crippen molar-refractivity contribution in [2.75, 3.05) is 31.9 Å². The fraction of sp³-hybridized carbons (Fsp3) is 0.292. The molecule has 4 heterocycles. The molecule has 0 N–H and O–H groups in total. The Morgan fingerprint density at radius 1 is 1.00 bits per heavy atom. The molecule has 0 aliphatic carbocycles. The van der Waals surface area contributed by atoms with E-state index in [4.69, 9.17) is 8.94 Å². The Kier molecular flexibility index (Phi) is 6.66. The third-order valence-electron chi connectivity index (χ3n) is 5.72. The van der Waals surface area contributed by atoms with Gasteiger partial charge in [0.1, 0.15) is 0 Å². The van der Waals surface area contributed by atoms with Crippen LogP contribution in [0.15, 0.2) is 68.9 Å². The van der Waals surface area contributed by atoms with E-state index in [9.17, 15) is 9.59 Å². The predicted octanol–water partition coefficient (Wildman–Crippen LogP) is 2.96. The Bertz CT molecular complexity index is 1290. The topological polar surface area (TPSA) is 110 Å². The second-order valence-corrected chi connectivity index (χ2v) is 9.09. The van der Waals surface area contributed by atoms with Crippen LogP contribution >= 0.6 is 11.8 Å². The van der Waals surface area contributed by atoms with Crippen molar-refractivity contribution in [2.24, 2.45) is 0 Å². The largest absolute Gasteiger partial charge is 0.461 e. The molecule has 0 radical (unpaired) electrons. The summed E-state index contributed by atoms with van der Waals surface area (Å²) in [6.07, 6.45) is 1.60. The van der Waals surface area contributed by atoms with Crippen molar-refractivity contribution < 1.29 is 18.5 Å². The average molecular weight is 493 g/mol. The Balaban J connectivity index is 1.22. The molecule has 2 amide bonds. The van der Waals surface area contributed by atoms with Crippen molar-refractivity contribution >= 4 is 23.6 Å². The molecule has 4 aromatic rings. The number of thioether (sulfide) groups is 1. The molecule has 1 saturated heterocycles. The molecule has 1 aliphatic heterocycles. The summed E-state index contributed by atoms with van der Waals surface area (Å²) in [4.78, 5) is 28.9. The molecule has 1 aromatic carbocycles. The van der Waals surface area contributed by atoms with E-state index in [0.29, 0.717) is 55.2 Å². The Morgan fingerprint density at radius 2 is 1.77 bits per heavy atom. The number of carbonyl (C=O) groups excluding carboxylic acids is 2. The van der Waals surface area contributed by atoms with E-state index in [1.165, 1.54) is 11.8 Å². The molecular weight excluding hydrogens is 468 g/mol. The van der Waals surface area contributed by atoms with Crippen LogP contribution in [-0.2, 0) is 11.3 Å². The Labute approximate surface area is 205 Å². The number of aryl methyl sites for hydroxylation is 1. The molecule has 10 nitrogen and oxygen atoms in total. The number of hydrogen-bond donors (Lipinski definition) is 0. The molecular formula is C24H24N6O4S. The quantitative estimate of drug-likeness (QED) is 0.362. The van der Waals surface area contributed by atoms with Crippen molar-refractivity contribution in [1.82, 2.24) is 29.7 Å². The summed E-state index contributed by atoms with van der Waals surface area (Å²) in [5.41, 5.74) is 1.76. The summed E-state index contributed by atoms with van der Waals surface area (Å²) >= 11 is 1.35. The van der Waals surface area contributed by atoms with Gasteiger partial charge in [0.2, 0.25) is 17.5 Å². The minimum absolute atomic E-state index is 0.00795. The smallest absolute Gasteiger partial charge is 0.292 e. The molecule has 0 unspecified atom stereocenters. The van der Waals surface area contributed by atoms with Gasteiger partial charge in [-0.05, 0) is 24.6 Å². The number of rotatable bonds is 7. The minimum Gasteiger partial charge on any atom is -0.461 e. The lowest BCUT2D eigenvalue weighted by molar-refractivity contribution is -0.129. The molecule has 5 rings (SSSR count). The molecule has 1 aliphatic rings. The first-order valence-electron chi connectivity index (χ1n) is 11.2. The number of carbonyl (C=O) groups is 2. The van der Waals surface area contributed by atoms with E-state index in [1.54, 1.807) is 35.1 Å². The highest BCUT2D eigenvalue weighted by molar-refractivity contribution is 7.99. The molecule has 11 heteroatoms. The lowest BCUT2D eigenvalue weighted by Gasteiger charge is -2.34. The van der Waals surface area contributed by atoms with Crippen LogP contribution in [0.3, 0.4) is 0 Å². The molecule has 0 spiro atoms.